The summed E-state index contributed by atoms with van der Waals surface area (Å²) in [7, 11) is 1.74. The number of ketones is 2. The van der Waals surface area contributed by atoms with Gasteiger partial charge in [-0.25, -0.2) is 0 Å². The molecule has 1 unspecified atom stereocenters. The molecular weight excluding hydrogens is 995 g/mol. The maximum Gasteiger partial charge on any atom is 0.243 e. The van der Waals surface area contributed by atoms with Gasteiger partial charge in [0, 0.05) is 29.4 Å². The third-order valence-corrected chi connectivity index (χ3v) is 19.1. The van der Waals surface area contributed by atoms with E-state index in [1.165, 1.54) is 0 Å². The normalized spacial score (nSPS) is 25.5. The van der Waals surface area contributed by atoms with Gasteiger partial charge in [0.05, 0.1) is 61.9 Å². The highest BCUT2D eigenvalue weighted by atomic mass is 32.2. The van der Waals surface area contributed by atoms with Crippen molar-refractivity contribution in [2.75, 3.05) is 31.8 Å². The van der Waals surface area contributed by atoms with Crippen molar-refractivity contribution in [3.05, 3.63) is 119 Å². The van der Waals surface area contributed by atoms with E-state index in [-0.39, 0.29) is 77.4 Å². The average Bonchev–Trinajstić information content (AvgIpc) is 3.76. The molecule has 15 heteroatoms. The molecule has 4 amide bonds. The van der Waals surface area contributed by atoms with Crippen LogP contribution in [-0.2, 0) is 51.5 Å². The first-order valence-electron chi connectivity index (χ1n) is 27.4. The minimum atomic E-state index is -0.704. The van der Waals surface area contributed by atoms with Crippen molar-refractivity contribution < 1.29 is 38.2 Å². The predicted octanol–water partition coefficient (Wildman–Crippen LogP) is 9.13. The molecule has 76 heavy (non-hydrogen) atoms. The number of carbonyl (C=O) groups is 6. The van der Waals surface area contributed by atoms with Crippen LogP contribution in [0.25, 0.3) is 10.8 Å². The molecule has 4 N–H and O–H groups in total. The van der Waals surface area contributed by atoms with Crippen LogP contribution in [0.4, 0.5) is 0 Å². The molecule has 4 aromatic rings. The topological polar surface area (TPSA) is 172 Å². The smallest absolute Gasteiger partial charge is 0.243 e. The number of benzene rings is 4. The second kappa shape index (κ2) is 25.2. The second-order valence-electron chi connectivity index (χ2n) is 23.0. The van der Waals surface area contributed by atoms with E-state index in [0.29, 0.717) is 38.9 Å². The van der Waals surface area contributed by atoms with E-state index in [1.54, 1.807) is 35.5 Å². The highest BCUT2D eigenvalue weighted by molar-refractivity contribution is 8.00. The van der Waals surface area contributed by atoms with E-state index in [4.69, 9.17) is 9.47 Å². The molecule has 11 atom stereocenters. The molecule has 3 aliphatic heterocycles. The van der Waals surface area contributed by atoms with E-state index < -0.39 is 52.8 Å². The molecule has 13 nitrogen and oxygen atoms in total. The number of hydrogen-bond donors (Lipinski definition) is 4. The molecule has 0 radical (unpaired) electrons. The van der Waals surface area contributed by atoms with Crippen molar-refractivity contribution in [2.45, 2.75) is 141 Å². The number of rotatable bonds is 21. The summed E-state index contributed by atoms with van der Waals surface area (Å²) in [6.45, 7) is 15.0. The number of thioether (sulfide) groups is 2. The van der Waals surface area contributed by atoms with Gasteiger partial charge < -0.3 is 35.6 Å². The number of amides is 4. The van der Waals surface area contributed by atoms with Gasteiger partial charge in [-0.15, -0.1) is 11.8 Å². The quantitative estimate of drug-likeness (QED) is 0.0627. The van der Waals surface area contributed by atoms with Crippen molar-refractivity contribution in [2.24, 2.45) is 34.5 Å². The lowest BCUT2D eigenvalue weighted by Gasteiger charge is -2.35. The van der Waals surface area contributed by atoms with Crippen LogP contribution in [0, 0.1) is 34.5 Å². The predicted molar refractivity (Wildman–Crippen MR) is 302 cm³/mol. The Hall–Kier alpha value is -5.06. The summed E-state index contributed by atoms with van der Waals surface area (Å²) in [4.78, 5) is 85.4. The van der Waals surface area contributed by atoms with Gasteiger partial charge >= 0.3 is 0 Å². The first-order valence-corrected chi connectivity index (χ1v) is 29.5. The Kier molecular flexibility index (Phi) is 18.9. The Morgan fingerprint density at radius 2 is 1.29 bits per heavy atom. The average molecular weight is 1070 g/mol. The summed E-state index contributed by atoms with van der Waals surface area (Å²) >= 11 is 3.46. The number of nitrogens with one attached hydrogen (secondary N) is 4. The Balaban J connectivity index is 0.892. The number of Topliss-reactive ketones (excluding diaryl/α,β-unsaturated/α-hetero) is 2. The molecule has 1 saturated carbocycles. The minimum Gasteiger partial charge on any atom is -0.374 e. The third kappa shape index (κ3) is 13.3. The van der Waals surface area contributed by atoms with Gasteiger partial charge in [0.25, 0.3) is 0 Å². The lowest BCUT2D eigenvalue weighted by atomic mass is 9.75. The molecule has 1 aliphatic carbocycles. The van der Waals surface area contributed by atoms with Crippen LogP contribution in [0.5, 0.6) is 0 Å². The fraction of sp³-hybridized carbons (Fsp3) is 0.541. The summed E-state index contributed by atoms with van der Waals surface area (Å²) in [5, 5.41) is 14.6. The standard InChI is InChI=1S/C61H79N5O8S2/c1-9-37(2)56(69)63-46-25-27-75-50-31-60(4,5)53(52(50)54(46)68)57(70)64-47(41-16-12-10-13-17-41)35-73-33-39-20-22-44-29-40(21-23-43(44)28-39)34-74-36-48(42-18-14-11-15-19-42)65-58(71)55-61(6,7)32-51-66(55)59(72)45(24-26-76-51)30-49(67)38(3)62-8/h10-23,28-29,37-38,45-48,50-53,55,62H,9,24-27,30-36H2,1-8H3,(H,63,69)(H,64,70)(H,65,71)/t37-,38+,45-,46+,47-,48-,50+,51+,52?,53-,55-/m1/s1. The SMILES string of the molecule is CC[C@@H](C)C(=O)N[C@H]1CCS[C@H]2CC(C)(C)[C@@H](C(=O)N[C@H](COCc3ccc4cc(COC[C@@H](NC(=O)[C@H]5N6C(=O)[C@@H](CC(=O)[C@H](C)NC)CCS[C@H]6CC5(C)C)c5ccccc5)ccc4c3)c3ccccc3)C2C1=O. The van der Waals surface area contributed by atoms with E-state index >= 15 is 0 Å². The molecule has 0 bridgehead atoms. The lowest BCUT2D eigenvalue weighted by molar-refractivity contribution is -0.145. The summed E-state index contributed by atoms with van der Waals surface area (Å²) in [5.74, 6) is -0.882. The first kappa shape index (κ1) is 57.1. The van der Waals surface area contributed by atoms with Gasteiger partial charge in [-0.3, -0.25) is 28.8 Å². The van der Waals surface area contributed by atoms with E-state index in [0.717, 1.165) is 51.0 Å². The van der Waals surface area contributed by atoms with Gasteiger partial charge in [-0.1, -0.05) is 126 Å². The molecule has 4 fully saturated rings. The lowest BCUT2D eigenvalue weighted by Crippen LogP contribution is -2.54. The van der Waals surface area contributed by atoms with E-state index in [9.17, 15) is 28.8 Å². The number of fused-ring (bicyclic) bond motifs is 3. The van der Waals surface area contributed by atoms with Gasteiger partial charge in [0.15, 0.2) is 5.78 Å². The van der Waals surface area contributed by atoms with Crippen molar-refractivity contribution in [1.82, 2.24) is 26.2 Å². The number of likely N-dealkylation sites (N-methyl/N-ethyl adjacent to an activating group) is 1. The highest BCUT2D eigenvalue weighted by Gasteiger charge is 2.57. The van der Waals surface area contributed by atoms with Crippen LogP contribution in [0.2, 0.25) is 0 Å². The van der Waals surface area contributed by atoms with Gasteiger partial charge in [0.1, 0.15) is 11.8 Å². The molecule has 0 aromatic heterocycles. The van der Waals surface area contributed by atoms with Gasteiger partial charge in [0.2, 0.25) is 23.6 Å². The molecule has 8 rings (SSSR count). The van der Waals surface area contributed by atoms with Crippen molar-refractivity contribution in [3.63, 3.8) is 0 Å². The zero-order valence-electron chi connectivity index (χ0n) is 45.6. The Morgan fingerprint density at radius 1 is 0.724 bits per heavy atom. The summed E-state index contributed by atoms with van der Waals surface area (Å²) < 4.78 is 12.8. The third-order valence-electron chi connectivity index (χ3n) is 16.5. The Bertz CT molecular complexity index is 2520. The molecule has 3 heterocycles. The van der Waals surface area contributed by atoms with Crippen LogP contribution in [0.15, 0.2) is 97.1 Å². The fourth-order valence-corrected chi connectivity index (χ4v) is 15.2. The van der Waals surface area contributed by atoms with Crippen molar-refractivity contribution in [3.8, 4) is 0 Å². The molecule has 4 aromatic carbocycles. The fourth-order valence-electron chi connectivity index (χ4n) is 11.8. The molecule has 0 spiro atoms. The van der Waals surface area contributed by atoms with Crippen LogP contribution < -0.4 is 21.3 Å². The number of ether oxygens (including phenoxy) is 2. The van der Waals surface area contributed by atoms with E-state index in [2.05, 4.69) is 73.2 Å². The number of carbonyl (C=O) groups excluding carboxylic acids is 6. The van der Waals surface area contributed by atoms with Crippen LogP contribution >= 0.6 is 23.5 Å². The molecule has 4 aliphatic rings. The summed E-state index contributed by atoms with van der Waals surface area (Å²) in [6, 6.07) is 29.4. The summed E-state index contributed by atoms with van der Waals surface area (Å²) in [6.07, 6.45) is 3.43. The largest absolute Gasteiger partial charge is 0.374 e. The van der Waals surface area contributed by atoms with Crippen LogP contribution in [0.3, 0.4) is 0 Å². The van der Waals surface area contributed by atoms with Crippen LogP contribution in [-0.4, -0.2) is 101 Å². The van der Waals surface area contributed by atoms with Gasteiger partial charge in [-0.2, -0.15) is 11.8 Å². The van der Waals surface area contributed by atoms with E-state index in [1.807, 2.05) is 93.6 Å². The first-order chi connectivity index (χ1) is 36.4. The van der Waals surface area contributed by atoms with Gasteiger partial charge in [-0.05, 0) is 114 Å². The summed E-state index contributed by atoms with van der Waals surface area (Å²) in [5.41, 5.74) is 2.84. The molecular formula is C61H79N5O8S2. The Morgan fingerprint density at radius 3 is 1.86 bits per heavy atom. The monoisotopic (exact) mass is 1070 g/mol. The maximum absolute atomic E-state index is 14.6. The number of hydrogen-bond acceptors (Lipinski definition) is 11. The Labute approximate surface area is 458 Å². The highest BCUT2D eigenvalue weighted by Crippen LogP contribution is 2.53. The number of nitrogens with zero attached hydrogens (tertiary/aromatic N) is 1. The second-order valence-corrected chi connectivity index (χ2v) is 25.6. The molecule has 408 valence electrons. The van der Waals surface area contributed by atoms with Crippen molar-refractivity contribution >= 4 is 69.5 Å². The van der Waals surface area contributed by atoms with Crippen LogP contribution in [0.1, 0.15) is 121 Å². The van der Waals surface area contributed by atoms with Crippen molar-refractivity contribution in [1.29, 1.82) is 0 Å². The molecule has 3 saturated heterocycles. The zero-order chi connectivity index (χ0) is 54.3. The minimum absolute atomic E-state index is 0.00179. The maximum atomic E-state index is 14.6. The zero-order valence-corrected chi connectivity index (χ0v) is 47.2.